The van der Waals surface area contributed by atoms with Crippen LogP contribution in [0.4, 0.5) is 11.6 Å². The fourth-order valence-electron chi connectivity index (χ4n) is 4.56. The summed E-state index contributed by atoms with van der Waals surface area (Å²) in [6.45, 7) is 13.1. The van der Waals surface area contributed by atoms with Gasteiger partial charge in [0.15, 0.2) is 6.61 Å². The number of aryl methyl sites for hydroxylation is 1. The van der Waals surface area contributed by atoms with Crippen LogP contribution in [0.2, 0.25) is 0 Å². The van der Waals surface area contributed by atoms with Crippen LogP contribution in [0.15, 0.2) is 58.9 Å². The Balaban J connectivity index is 1.66. The first kappa shape index (κ1) is 28.2. The van der Waals surface area contributed by atoms with Crippen molar-refractivity contribution in [2.75, 3.05) is 36.1 Å². The molecule has 1 unspecified atom stereocenters. The molecule has 2 amide bonds. The average Bonchev–Trinajstić information content (AvgIpc) is 3.32. The molecule has 0 fully saturated rings. The summed E-state index contributed by atoms with van der Waals surface area (Å²) >= 11 is 1.54. The highest BCUT2D eigenvalue weighted by Crippen LogP contribution is 2.37. The fourth-order valence-corrected chi connectivity index (χ4v) is 5.11. The highest BCUT2D eigenvalue weighted by atomic mass is 32.2. The van der Waals surface area contributed by atoms with Gasteiger partial charge in [0.05, 0.1) is 5.57 Å². The topological polar surface area (TPSA) is 101 Å². The molecule has 2 N–H and O–H groups in total. The number of benzene rings is 2. The third kappa shape index (κ3) is 6.11. The largest absolute Gasteiger partial charge is 0.484 e. The van der Waals surface area contributed by atoms with Gasteiger partial charge in [0, 0.05) is 24.5 Å². The number of hydrogen-bond donors (Lipinski definition) is 2. The molecule has 0 saturated heterocycles. The molecule has 0 aliphatic carbocycles. The van der Waals surface area contributed by atoms with Crippen LogP contribution in [0, 0.1) is 13.8 Å². The van der Waals surface area contributed by atoms with E-state index in [1.807, 2.05) is 84.0 Å². The summed E-state index contributed by atoms with van der Waals surface area (Å²) in [6, 6.07) is 12.8. The Morgan fingerprint density at radius 2 is 1.79 bits per heavy atom. The summed E-state index contributed by atoms with van der Waals surface area (Å²) < 4.78 is 7.53. The maximum atomic E-state index is 13.8. The van der Waals surface area contributed by atoms with E-state index >= 15 is 0 Å². The first-order valence-electron chi connectivity index (χ1n) is 13.2. The molecule has 206 valence electrons. The minimum atomic E-state index is -0.503. The Morgan fingerprint density at radius 1 is 1.08 bits per heavy atom. The standard InChI is InChI=1S/C29H36N6O3S/c1-7-34(8-2)24(36)17-38-22-15-13-21(14-16-22)26-25(27(37)31-23-12-10-11-18(4)19(23)5)20(6)30-28-32-29(39-9-3)33-35(26)28/h10-16,26H,7-9,17H2,1-6H3,(H,31,37)(H,30,32,33). The Morgan fingerprint density at radius 3 is 2.46 bits per heavy atom. The van der Waals surface area contributed by atoms with Crippen molar-refractivity contribution in [3.63, 3.8) is 0 Å². The van der Waals surface area contributed by atoms with Crippen LogP contribution in [-0.4, -0.2) is 56.9 Å². The number of fused-ring (bicyclic) bond motifs is 1. The quantitative estimate of drug-likeness (QED) is 0.337. The zero-order valence-corrected chi connectivity index (χ0v) is 24.2. The van der Waals surface area contributed by atoms with Gasteiger partial charge in [-0.25, -0.2) is 4.68 Å². The second-order valence-electron chi connectivity index (χ2n) is 9.29. The number of aromatic nitrogens is 3. The van der Waals surface area contributed by atoms with E-state index in [4.69, 9.17) is 9.84 Å². The third-order valence-electron chi connectivity index (χ3n) is 6.88. The van der Waals surface area contributed by atoms with Gasteiger partial charge in [0.25, 0.3) is 11.8 Å². The van der Waals surface area contributed by atoms with Gasteiger partial charge < -0.3 is 20.3 Å². The van der Waals surface area contributed by atoms with Crippen LogP contribution in [0.25, 0.3) is 0 Å². The number of allylic oxidation sites excluding steroid dienone is 1. The summed E-state index contributed by atoms with van der Waals surface area (Å²) in [5.74, 6) is 1.73. The number of carbonyl (C=O) groups is 2. The number of nitrogens with zero attached hydrogens (tertiary/aromatic N) is 4. The van der Waals surface area contributed by atoms with Gasteiger partial charge in [-0.2, -0.15) is 4.98 Å². The van der Waals surface area contributed by atoms with Gasteiger partial charge in [-0.15, -0.1) is 5.10 Å². The predicted molar refractivity (Wildman–Crippen MR) is 155 cm³/mol. The molecule has 9 nitrogen and oxygen atoms in total. The Hall–Kier alpha value is -3.79. The van der Waals surface area contributed by atoms with Crippen molar-refractivity contribution in [1.82, 2.24) is 19.7 Å². The van der Waals surface area contributed by atoms with Gasteiger partial charge in [-0.3, -0.25) is 9.59 Å². The van der Waals surface area contributed by atoms with Crippen molar-refractivity contribution < 1.29 is 14.3 Å². The maximum Gasteiger partial charge on any atom is 0.260 e. The van der Waals surface area contributed by atoms with Crippen molar-refractivity contribution in [3.8, 4) is 5.75 Å². The first-order valence-corrected chi connectivity index (χ1v) is 14.2. The summed E-state index contributed by atoms with van der Waals surface area (Å²) in [5, 5.41) is 11.8. The molecular formula is C29H36N6O3S. The third-order valence-corrected chi connectivity index (χ3v) is 7.60. The Kier molecular flexibility index (Phi) is 8.96. The number of nitrogens with one attached hydrogen (secondary N) is 2. The zero-order chi connectivity index (χ0) is 28.1. The molecule has 4 rings (SSSR count). The molecule has 1 aliphatic rings. The number of carbonyl (C=O) groups excluding carboxylic acids is 2. The molecule has 10 heteroatoms. The van der Waals surface area contributed by atoms with Crippen LogP contribution in [0.3, 0.4) is 0 Å². The SMILES string of the molecule is CCSc1nc2n(n1)C(c1ccc(OCC(=O)N(CC)CC)cc1)C(C(=O)Nc1cccc(C)c1C)=C(C)N2. The Labute approximate surface area is 234 Å². The van der Waals surface area contributed by atoms with Crippen molar-refractivity contribution in [2.24, 2.45) is 0 Å². The van der Waals surface area contributed by atoms with Crippen molar-refractivity contribution >= 4 is 35.2 Å². The highest BCUT2D eigenvalue weighted by molar-refractivity contribution is 7.99. The van der Waals surface area contributed by atoms with E-state index in [0.717, 1.165) is 28.1 Å². The minimum absolute atomic E-state index is 0.0261. The predicted octanol–water partition coefficient (Wildman–Crippen LogP) is 5.18. The smallest absolute Gasteiger partial charge is 0.260 e. The van der Waals surface area contributed by atoms with Crippen LogP contribution >= 0.6 is 11.8 Å². The highest BCUT2D eigenvalue weighted by Gasteiger charge is 2.34. The second kappa shape index (κ2) is 12.4. The monoisotopic (exact) mass is 548 g/mol. The molecular weight excluding hydrogens is 512 g/mol. The lowest BCUT2D eigenvalue weighted by atomic mass is 9.94. The number of thioether (sulfide) groups is 1. The molecule has 0 saturated carbocycles. The zero-order valence-electron chi connectivity index (χ0n) is 23.4. The summed E-state index contributed by atoms with van der Waals surface area (Å²) in [4.78, 5) is 32.5. The summed E-state index contributed by atoms with van der Waals surface area (Å²) in [6.07, 6.45) is 0. The molecule has 2 aromatic carbocycles. The lowest BCUT2D eigenvalue weighted by molar-refractivity contribution is -0.133. The number of ether oxygens (including phenoxy) is 1. The molecule has 0 spiro atoms. The van der Waals surface area contributed by atoms with E-state index in [9.17, 15) is 9.59 Å². The molecule has 1 atom stereocenters. The fraction of sp³-hybridized carbons (Fsp3) is 0.379. The van der Waals surface area contributed by atoms with Gasteiger partial charge >= 0.3 is 0 Å². The molecule has 1 aliphatic heterocycles. The van der Waals surface area contributed by atoms with Crippen molar-refractivity contribution in [1.29, 1.82) is 0 Å². The maximum absolute atomic E-state index is 13.8. The van der Waals surface area contributed by atoms with Gasteiger partial charge in [-0.05, 0) is 75.3 Å². The minimum Gasteiger partial charge on any atom is -0.484 e. The van der Waals surface area contributed by atoms with Gasteiger partial charge in [0.1, 0.15) is 11.8 Å². The molecule has 3 aromatic rings. The molecule has 1 aromatic heterocycles. The molecule has 39 heavy (non-hydrogen) atoms. The molecule has 0 radical (unpaired) electrons. The number of rotatable bonds is 10. The van der Waals surface area contributed by atoms with E-state index in [1.165, 1.54) is 0 Å². The van der Waals surface area contributed by atoms with E-state index in [1.54, 1.807) is 21.3 Å². The van der Waals surface area contributed by atoms with Crippen molar-refractivity contribution in [3.05, 3.63) is 70.4 Å². The second-order valence-corrected chi connectivity index (χ2v) is 10.5. The summed E-state index contributed by atoms with van der Waals surface area (Å²) in [7, 11) is 0. The number of amides is 2. The summed E-state index contributed by atoms with van der Waals surface area (Å²) in [5.41, 5.74) is 5.00. The van der Waals surface area contributed by atoms with Crippen LogP contribution < -0.4 is 15.4 Å². The van der Waals surface area contributed by atoms with Crippen LogP contribution in [0.5, 0.6) is 5.75 Å². The average molecular weight is 549 g/mol. The van der Waals surface area contributed by atoms with Crippen LogP contribution in [-0.2, 0) is 9.59 Å². The van der Waals surface area contributed by atoms with Crippen molar-refractivity contribution in [2.45, 2.75) is 52.7 Å². The van der Waals surface area contributed by atoms with E-state index in [2.05, 4.69) is 15.6 Å². The molecule has 2 heterocycles. The van der Waals surface area contributed by atoms with Gasteiger partial charge in [0.2, 0.25) is 11.1 Å². The van der Waals surface area contributed by atoms with Crippen LogP contribution in [0.1, 0.15) is 50.4 Å². The normalized spacial score (nSPS) is 14.5. The Bertz CT molecular complexity index is 1380. The number of likely N-dealkylation sites (N-methyl/N-ethyl adjacent to an activating group) is 1. The lowest BCUT2D eigenvalue weighted by Crippen LogP contribution is -2.34. The van der Waals surface area contributed by atoms with E-state index < -0.39 is 6.04 Å². The molecule has 0 bridgehead atoms. The first-order chi connectivity index (χ1) is 18.8. The lowest BCUT2D eigenvalue weighted by Gasteiger charge is -2.29. The van der Waals surface area contributed by atoms with E-state index in [-0.39, 0.29) is 18.4 Å². The number of hydrogen-bond acceptors (Lipinski definition) is 7. The number of anilines is 2. The van der Waals surface area contributed by atoms with E-state index in [0.29, 0.717) is 41.2 Å². The van der Waals surface area contributed by atoms with Gasteiger partial charge in [-0.1, -0.05) is 43.0 Å².